The fourth-order valence-electron chi connectivity index (χ4n) is 7.38. The summed E-state index contributed by atoms with van der Waals surface area (Å²) < 4.78 is 35.1. The van der Waals surface area contributed by atoms with Gasteiger partial charge in [0.1, 0.15) is 12.1 Å². The van der Waals surface area contributed by atoms with Crippen molar-refractivity contribution in [1.29, 1.82) is 0 Å². The highest BCUT2D eigenvalue weighted by Crippen LogP contribution is 2.41. The van der Waals surface area contributed by atoms with Gasteiger partial charge in [0.05, 0.1) is 22.5 Å². The Hall–Kier alpha value is -4.68. The molecule has 0 unspecified atom stereocenters. The Kier molecular flexibility index (Phi) is 14.9. The molecule has 4 aromatic rings. The van der Waals surface area contributed by atoms with Crippen molar-refractivity contribution in [3.63, 3.8) is 0 Å². The number of thioether (sulfide) groups is 1. The van der Waals surface area contributed by atoms with Gasteiger partial charge in [0, 0.05) is 65.9 Å². The standard InChI is InChI=1S/C42H51ClN8O6S2/c1-50-37(23-29-25-46-34-11-4-3-10-32(29)34)40(53)48-26-33-31(27-15-17-30(18-16-27)59(55,56)57)19-22-51(43)42(33)58-38-14-5-2-9-28(38)24-47-35(13-8-21-45)39(52)49-36(41(50)54)12-6-7-20-44/h2-5,9-11,14-19,25,35-37,46-47H,6-8,12-13,20-24,26,44-45H2,1H3,(H,48,53)(H,49,52)(H,55,56,57)/t35-,36-,37-/m0/s1. The molecule has 2 aliphatic rings. The van der Waals surface area contributed by atoms with Crippen LogP contribution in [0.15, 0.2) is 105 Å². The molecule has 3 aromatic carbocycles. The maximum atomic E-state index is 14.7. The van der Waals surface area contributed by atoms with Crippen LogP contribution >= 0.6 is 23.5 Å². The van der Waals surface area contributed by atoms with Gasteiger partial charge in [-0.2, -0.15) is 8.42 Å². The van der Waals surface area contributed by atoms with Crippen LogP contribution in [-0.2, 0) is 37.5 Å². The number of H-pyrrole nitrogens is 1. The molecule has 0 saturated heterocycles. The van der Waals surface area contributed by atoms with Gasteiger partial charge in [-0.15, -0.1) is 0 Å². The zero-order valence-electron chi connectivity index (χ0n) is 32.8. The Morgan fingerprint density at radius 1 is 0.881 bits per heavy atom. The molecule has 3 heterocycles. The van der Waals surface area contributed by atoms with E-state index in [0.717, 1.165) is 26.9 Å². The molecule has 0 aliphatic carbocycles. The molecule has 3 amide bonds. The molecular weight excluding hydrogens is 812 g/mol. The van der Waals surface area contributed by atoms with E-state index in [-0.39, 0.29) is 30.3 Å². The molecule has 0 bridgehead atoms. The Morgan fingerprint density at radius 3 is 2.34 bits per heavy atom. The van der Waals surface area contributed by atoms with Crippen molar-refractivity contribution in [2.24, 2.45) is 11.5 Å². The van der Waals surface area contributed by atoms with E-state index in [4.69, 9.17) is 23.2 Å². The third kappa shape index (κ3) is 10.7. The van der Waals surface area contributed by atoms with E-state index in [1.165, 1.54) is 28.8 Å². The van der Waals surface area contributed by atoms with Crippen molar-refractivity contribution in [1.82, 2.24) is 30.3 Å². The Morgan fingerprint density at radius 2 is 1.59 bits per heavy atom. The van der Waals surface area contributed by atoms with Gasteiger partial charge in [-0.25, -0.2) is 0 Å². The lowest BCUT2D eigenvalue weighted by molar-refractivity contribution is -0.142. The summed E-state index contributed by atoms with van der Waals surface area (Å²) in [5.74, 6) is -1.19. The number of rotatable bonds is 11. The first-order valence-electron chi connectivity index (χ1n) is 19.6. The van der Waals surface area contributed by atoms with Gasteiger partial charge in [-0.1, -0.05) is 66.4 Å². The van der Waals surface area contributed by atoms with Crippen LogP contribution < -0.4 is 27.4 Å². The summed E-state index contributed by atoms with van der Waals surface area (Å²) in [6.07, 6.45) is 6.44. The first-order valence-corrected chi connectivity index (χ1v) is 22.2. The summed E-state index contributed by atoms with van der Waals surface area (Å²) in [6.45, 7) is 1.38. The third-order valence-corrected chi connectivity index (χ3v) is 13.2. The number of likely N-dealkylation sites (N-methyl/N-ethyl adjacent to an activating group) is 1. The lowest BCUT2D eigenvalue weighted by atomic mass is 9.96. The third-order valence-electron chi connectivity index (χ3n) is 10.7. The number of nitrogens with one attached hydrogen (secondary N) is 4. The number of fused-ring (bicyclic) bond motifs is 2. The molecule has 0 spiro atoms. The van der Waals surface area contributed by atoms with E-state index in [0.29, 0.717) is 73.5 Å². The van der Waals surface area contributed by atoms with Crippen LogP contribution in [-0.4, -0.2) is 96.3 Å². The lowest BCUT2D eigenvalue weighted by Crippen LogP contribution is -2.57. The predicted molar refractivity (Wildman–Crippen MR) is 231 cm³/mol. The second-order valence-electron chi connectivity index (χ2n) is 14.6. The highest BCUT2D eigenvalue weighted by atomic mass is 35.5. The molecule has 0 fully saturated rings. The van der Waals surface area contributed by atoms with E-state index < -0.39 is 40.1 Å². The Balaban J connectivity index is 1.46. The minimum Gasteiger partial charge on any atom is -0.361 e. The monoisotopic (exact) mass is 862 g/mol. The maximum Gasteiger partial charge on any atom is 0.294 e. The molecule has 6 rings (SSSR count). The SMILES string of the molecule is CN1C(=O)[C@H](CCCCN)NC(=O)[C@H](CCCN)NCc2ccccc2SC2=C(CNC(=O)[C@@H]1Cc1c[nH]c3ccccc13)C(c1ccc(S(=O)(=O)O)cc1)=CCN2Cl. The zero-order valence-corrected chi connectivity index (χ0v) is 35.2. The normalized spacial score (nSPS) is 20.1. The first-order chi connectivity index (χ1) is 28.4. The summed E-state index contributed by atoms with van der Waals surface area (Å²) in [5, 5.41) is 11.1. The average molecular weight is 864 g/mol. The summed E-state index contributed by atoms with van der Waals surface area (Å²) in [4.78, 5) is 48.7. The van der Waals surface area contributed by atoms with Gasteiger partial charge < -0.3 is 37.3 Å². The molecule has 9 N–H and O–H groups in total. The Labute approximate surface area is 354 Å². The number of halogens is 1. The quantitative estimate of drug-likeness (QED) is 0.0642. The van der Waals surface area contributed by atoms with Crippen LogP contribution in [0, 0.1) is 0 Å². The zero-order chi connectivity index (χ0) is 42.1. The number of unbranched alkanes of at least 4 members (excludes halogenated alkanes) is 1. The van der Waals surface area contributed by atoms with Crippen molar-refractivity contribution in [3.05, 3.63) is 112 Å². The van der Waals surface area contributed by atoms with Gasteiger partial charge in [0.15, 0.2) is 0 Å². The Bertz CT molecular complexity index is 2320. The first kappa shape index (κ1) is 43.9. The summed E-state index contributed by atoms with van der Waals surface area (Å²) in [5.41, 5.74) is 16.3. The summed E-state index contributed by atoms with van der Waals surface area (Å²) in [6, 6.07) is 18.7. The molecular formula is C42H51ClN8O6S2. The smallest absolute Gasteiger partial charge is 0.294 e. The van der Waals surface area contributed by atoms with Crippen LogP contribution in [0.2, 0.25) is 0 Å². The molecule has 14 nitrogen and oxygen atoms in total. The van der Waals surface area contributed by atoms with Gasteiger partial charge in [0.2, 0.25) is 17.7 Å². The maximum absolute atomic E-state index is 14.7. The highest BCUT2D eigenvalue weighted by molar-refractivity contribution is 8.03. The number of carbonyl (C=O) groups excluding carboxylic acids is 3. The lowest BCUT2D eigenvalue weighted by Gasteiger charge is -2.32. The number of para-hydroxylation sites is 1. The predicted octanol–water partition coefficient (Wildman–Crippen LogP) is 4.28. The molecule has 3 atom stereocenters. The topological polar surface area (TPSA) is 216 Å². The fraction of sp³-hybridized carbons (Fsp3) is 0.357. The minimum absolute atomic E-state index is 0.0130. The van der Waals surface area contributed by atoms with Gasteiger partial charge in [-0.3, -0.25) is 23.4 Å². The summed E-state index contributed by atoms with van der Waals surface area (Å²) in [7, 11) is -2.85. The molecule has 17 heteroatoms. The number of benzene rings is 3. The number of hydrogen-bond acceptors (Lipinski definition) is 10. The number of amides is 3. The van der Waals surface area contributed by atoms with Crippen molar-refractivity contribution in [3.8, 4) is 0 Å². The second kappa shape index (κ2) is 20.1. The van der Waals surface area contributed by atoms with Gasteiger partial charge in [0.25, 0.3) is 10.1 Å². The number of aromatic nitrogens is 1. The molecule has 59 heavy (non-hydrogen) atoms. The van der Waals surface area contributed by atoms with Crippen LogP contribution in [0.4, 0.5) is 0 Å². The average Bonchev–Trinajstić information content (AvgIpc) is 3.64. The van der Waals surface area contributed by atoms with Gasteiger partial charge in [-0.05, 0) is 91.7 Å². The van der Waals surface area contributed by atoms with Gasteiger partial charge >= 0.3 is 0 Å². The fourth-order valence-corrected chi connectivity index (χ4v) is 9.24. The largest absolute Gasteiger partial charge is 0.361 e. The molecule has 0 saturated carbocycles. The van der Waals surface area contributed by atoms with Crippen molar-refractivity contribution < 1.29 is 27.4 Å². The van der Waals surface area contributed by atoms with E-state index in [1.54, 1.807) is 23.6 Å². The van der Waals surface area contributed by atoms with Crippen molar-refractivity contribution in [2.45, 2.75) is 73.0 Å². The summed E-state index contributed by atoms with van der Waals surface area (Å²) >= 11 is 8.38. The van der Waals surface area contributed by atoms with Crippen LogP contribution in [0.25, 0.3) is 16.5 Å². The number of carbonyl (C=O) groups is 3. The minimum atomic E-state index is -4.44. The van der Waals surface area contributed by atoms with E-state index in [9.17, 15) is 27.4 Å². The van der Waals surface area contributed by atoms with E-state index in [2.05, 4.69) is 20.9 Å². The molecule has 0 radical (unpaired) electrons. The second-order valence-corrected chi connectivity index (χ2v) is 17.5. The van der Waals surface area contributed by atoms with Crippen LogP contribution in [0.3, 0.4) is 0 Å². The van der Waals surface area contributed by atoms with E-state index >= 15 is 0 Å². The highest BCUT2D eigenvalue weighted by Gasteiger charge is 2.35. The number of hydrogen-bond donors (Lipinski definition) is 7. The molecule has 1 aromatic heterocycles. The number of nitrogens with two attached hydrogens (primary N) is 2. The van der Waals surface area contributed by atoms with Crippen LogP contribution in [0.5, 0.6) is 0 Å². The van der Waals surface area contributed by atoms with Crippen LogP contribution in [0.1, 0.15) is 48.8 Å². The number of aromatic amines is 1. The van der Waals surface area contributed by atoms with Crippen molar-refractivity contribution in [2.75, 3.05) is 33.2 Å². The molecule has 314 valence electrons. The van der Waals surface area contributed by atoms with E-state index in [1.807, 2.05) is 60.8 Å². The molecule has 2 aliphatic heterocycles. The number of nitrogens with zero attached hydrogens (tertiary/aromatic N) is 2. The van der Waals surface area contributed by atoms with Crippen molar-refractivity contribution >= 4 is 67.9 Å².